The smallest absolute Gasteiger partial charge is 0.264 e. The van der Waals surface area contributed by atoms with Gasteiger partial charge in [0.25, 0.3) is 20.2 Å². The molecule has 2 N–H and O–H groups in total. The Bertz CT molecular complexity index is 520. The van der Waals surface area contributed by atoms with Gasteiger partial charge in [0.05, 0.1) is 11.5 Å². The zero-order valence-electron chi connectivity index (χ0n) is 18.9. The van der Waals surface area contributed by atoms with E-state index in [2.05, 4.69) is 0 Å². The maximum atomic E-state index is 10.6. The fourth-order valence-corrected chi connectivity index (χ4v) is 4.89. The lowest BCUT2D eigenvalue weighted by Crippen LogP contribution is -2.03. The van der Waals surface area contributed by atoms with Gasteiger partial charge in [0.2, 0.25) is 0 Å². The highest BCUT2D eigenvalue weighted by molar-refractivity contribution is 7.86. The monoisotopic (exact) mass is 470 g/mol. The summed E-state index contributed by atoms with van der Waals surface area (Å²) in [5.74, 6) is -0.204. The van der Waals surface area contributed by atoms with Crippen LogP contribution in [0.4, 0.5) is 0 Å². The largest absolute Gasteiger partial charge is 0.286 e. The van der Waals surface area contributed by atoms with E-state index in [0.717, 1.165) is 38.5 Å². The number of rotatable bonds is 23. The lowest BCUT2D eigenvalue weighted by Gasteiger charge is -2.04. The summed E-state index contributed by atoms with van der Waals surface area (Å²) < 4.78 is 59.7. The van der Waals surface area contributed by atoms with Gasteiger partial charge in [0, 0.05) is 0 Å². The lowest BCUT2D eigenvalue weighted by molar-refractivity contribution is 0.475. The van der Waals surface area contributed by atoms with Crippen molar-refractivity contribution in [2.75, 3.05) is 11.5 Å². The predicted octanol–water partition coefficient (Wildman–Crippen LogP) is 6.56. The number of hydrogen-bond donors (Lipinski definition) is 2. The van der Waals surface area contributed by atoms with Crippen molar-refractivity contribution in [1.29, 1.82) is 0 Å². The number of hydrogen-bond acceptors (Lipinski definition) is 4. The average molecular weight is 471 g/mol. The van der Waals surface area contributed by atoms with Gasteiger partial charge in [-0.3, -0.25) is 9.11 Å². The normalized spacial score (nSPS) is 12.5. The third-order valence-corrected chi connectivity index (χ3v) is 7.16. The average Bonchev–Trinajstić information content (AvgIpc) is 2.64. The summed E-state index contributed by atoms with van der Waals surface area (Å²) in [6.45, 7) is 0. The highest BCUT2D eigenvalue weighted by Gasteiger charge is 2.03. The molecule has 0 aromatic heterocycles. The maximum absolute atomic E-state index is 10.6. The lowest BCUT2D eigenvalue weighted by atomic mass is 10.0. The fraction of sp³-hybridized carbons (Fsp3) is 1.00. The second kappa shape index (κ2) is 19.5. The van der Waals surface area contributed by atoms with Crippen molar-refractivity contribution in [3.63, 3.8) is 0 Å². The Labute approximate surface area is 186 Å². The Morgan fingerprint density at radius 3 is 0.567 bits per heavy atom. The molecule has 0 rings (SSSR count). The Kier molecular flexibility index (Phi) is 19.4. The molecular weight excluding hydrogens is 424 g/mol. The molecule has 0 aliphatic rings. The van der Waals surface area contributed by atoms with Gasteiger partial charge in [-0.15, -0.1) is 0 Å². The van der Waals surface area contributed by atoms with Gasteiger partial charge in [-0.1, -0.05) is 116 Å². The molecule has 0 aliphatic carbocycles. The molecule has 0 atom stereocenters. The molecule has 0 aliphatic heterocycles. The predicted molar refractivity (Wildman–Crippen MR) is 125 cm³/mol. The van der Waals surface area contributed by atoms with Crippen LogP contribution in [0, 0.1) is 0 Å². The Balaban J connectivity index is 3.10. The summed E-state index contributed by atoms with van der Waals surface area (Å²) in [5.41, 5.74) is 0. The first-order chi connectivity index (χ1) is 14.2. The molecule has 6 nitrogen and oxygen atoms in total. The third-order valence-electron chi connectivity index (χ3n) is 5.55. The van der Waals surface area contributed by atoms with E-state index in [9.17, 15) is 16.8 Å². The van der Waals surface area contributed by atoms with Gasteiger partial charge in [0.15, 0.2) is 0 Å². The van der Waals surface area contributed by atoms with Gasteiger partial charge in [0.1, 0.15) is 0 Å². The number of unbranched alkanes of at least 4 members (excludes halogenated alkanes) is 19. The van der Waals surface area contributed by atoms with Crippen LogP contribution in [0.25, 0.3) is 0 Å². The van der Waals surface area contributed by atoms with Crippen LogP contribution < -0.4 is 0 Å². The third kappa shape index (κ3) is 27.8. The first-order valence-corrected chi connectivity index (χ1v) is 15.3. The van der Waals surface area contributed by atoms with E-state index in [1.54, 1.807) is 0 Å². The van der Waals surface area contributed by atoms with Crippen molar-refractivity contribution in [2.24, 2.45) is 0 Å². The Morgan fingerprint density at radius 1 is 0.300 bits per heavy atom. The minimum Gasteiger partial charge on any atom is -0.286 e. The molecule has 0 amide bonds. The molecule has 0 radical (unpaired) electrons. The van der Waals surface area contributed by atoms with Crippen molar-refractivity contribution >= 4 is 20.2 Å². The van der Waals surface area contributed by atoms with E-state index in [1.165, 1.54) is 77.0 Å². The maximum Gasteiger partial charge on any atom is 0.264 e. The van der Waals surface area contributed by atoms with Crippen LogP contribution in [-0.2, 0) is 20.2 Å². The zero-order chi connectivity index (χ0) is 22.6. The Morgan fingerprint density at radius 2 is 0.433 bits per heavy atom. The topological polar surface area (TPSA) is 109 Å². The summed E-state index contributed by atoms with van der Waals surface area (Å²) in [7, 11) is -7.55. The first kappa shape index (κ1) is 29.8. The van der Waals surface area contributed by atoms with Gasteiger partial charge in [-0.25, -0.2) is 0 Å². The van der Waals surface area contributed by atoms with Crippen LogP contribution in [0.5, 0.6) is 0 Å². The molecule has 8 heteroatoms. The molecule has 182 valence electrons. The molecule has 0 heterocycles. The molecule has 30 heavy (non-hydrogen) atoms. The van der Waals surface area contributed by atoms with Crippen LogP contribution in [0.15, 0.2) is 0 Å². The van der Waals surface area contributed by atoms with Gasteiger partial charge >= 0.3 is 0 Å². The van der Waals surface area contributed by atoms with Crippen LogP contribution in [-0.4, -0.2) is 37.4 Å². The van der Waals surface area contributed by atoms with Crippen molar-refractivity contribution in [3.8, 4) is 0 Å². The zero-order valence-corrected chi connectivity index (χ0v) is 20.5. The molecule has 0 bridgehead atoms. The first-order valence-electron chi connectivity index (χ1n) is 12.1. The highest BCUT2D eigenvalue weighted by Crippen LogP contribution is 2.15. The highest BCUT2D eigenvalue weighted by atomic mass is 32.2. The molecule has 0 saturated carbocycles. The summed E-state index contributed by atoms with van der Waals surface area (Å²) in [6, 6.07) is 0. The van der Waals surface area contributed by atoms with E-state index in [4.69, 9.17) is 9.11 Å². The van der Waals surface area contributed by atoms with E-state index in [0.29, 0.717) is 12.8 Å². The second-order valence-electron chi connectivity index (χ2n) is 8.64. The second-order valence-corrected chi connectivity index (χ2v) is 11.8. The van der Waals surface area contributed by atoms with Crippen molar-refractivity contribution in [1.82, 2.24) is 0 Å². The standard InChI is InChI=1S/C22H46O6S2/c23-29(24,25)21-19-17-15-13-11-9-7-5-3-1-2-4-6-8-10-12-14-16-18-20-22-30(26,27)28/h1-22H2,(H,23,24,25)(H,26,27,28). The molecular formula is C22H46O6S2. The van der Waals surface area contributed by atoms with Crippen LogP contribution in [0.2, 0.25) is 0 Å². The Hall–Kier alpha value is -0.180. The van der Waals surface area contributed by atoms with Gasteiger partial charge in [-0.2, -0.15) is 16.8 Å². The van der Waals surface area contributed by atoms with E-state index in [-0.39, 0.29) is 11.5 Å². The minimum atomic E-state index is -3.77. The molecule has 0 aromatic carbocycles. The summed E-state index contributed by atoms with van der Waals surface area (Å²) in [5, 5.41) is 0. The molecule has 0 aromatic rings. The van der Waals surface area contributed by atoms with Crippen molar-refractivity contribution in [2.45, 2.75) is 128 Å². The van der Waals surface area contributed by atoms with Gasteiger partial charge < -0.3 is 0 Å². The minimum absolute atomic E-state index is 0.102. The summed E-state index contributed by atoms with van der Waals surface area (Å²) in [6.07, 6.45) is 22.9. The van der Waals surface area contributed by atoms with Gasteiger partial charge in [-0.05, 0) is 12.8 Å². The van der Waals surface area contributed by atoms with Crippen molar-refractivity contribution in [3.05, 3.63) is 0 Å². The van der Waals surface area contributed by atoms with Crippen molar-refractivity contribution < 1.29 is 25.9 Å². The van der Waals surface area contributed by atoms with Crippen LogP contribution in [0.1, 0.15) is 128 Å². The van der Waals surface area contributed by atoms with Crippen LogP contribution >= 0.6 is 0 Å². The quantitative estimate of drug-likeness (QED) is 0.129. The SMILES string of the molecule is O=S(=O)(O)CCCCCCCCCCCCCCCCCCCCCCS(=O)(=O)O. The fourth-order valence-electron chi connectivity index (χ4n) is 3.75. The molecule has 0 spiro atoms. The van der Waals surface area contributed by atoms with E-state index >= 15 is 0 Å². The van der Waals surface area contributed by atoms with Crippen LogP contribution in [0.3, 0.4) is 0 Å². The molecule has 0 saturated heterocycles. The molecule has 0 unspecified atom stereocenters. The van der Waals surface area contributed by atoms with E-state index < -0.39 is 20.2 Å². The van der Waals surface area contributed by atoms with E-state index in [1.807, 2.05) is 0 Å². The summed E-state index contributed by atoms with van der Waals surface area (Å²) in [4.78, 5) is 0. The molecule has 0 fully saturated rings. The summed E-state index contributed by atoms with van der Waals surface area (Å²) >= 11 is 0.